The zero-order valence-corrected chi connectivity index (χ0v) is 15.4. The van der Waals surface area contributed by atoms with Crippen molar-refractivity contribution in [2.24, 2.45) is 0 Å². The molecule has 0 saturated heterocycles. The van der Waals surface area contributed by atoms with Crippen molar-refractivity contribution in [2.75, 3.05) is 25.6 Å². The molecule has 0 fully saturated rings. The highest BCUT2D eigenvalue weighted by Gasteiger charge is 2.25. The second kappa shape index (κ2) is 8.87. The molecule has 1 atom stereocenters. The van der Waals surface area contributed by atoms with Gasteiger partial charge in [0.25, 0.3) is 5.91 Å². The lowest BCUT2D eigenvalue weighted by Gasteiger charge is -2.18. The van der Waals surface area contributed by atoms with E-state index in [0.29, 0.717) is 35.3 Å². The van der Waals surface area contributed by atoms with Crippen molar-refractivity contribution >= 4 is 23.3 Å². The Kier molecular flexibility index (Phi) is 6.30. The Labute approximate surface area is 157 Å². The van der Waals surface area contributed by atoms with Crippen molar-refractivity contribution in [3.63, 3.8) is 0 Å². The SMILES string of the molecule is COCCNc1noc(-c2ccc(Cl)cc2)c1C(=O)NC1C=CCCC1. The molecule has 138 valence electrons. The fourth-order valence-electron chi connectivity index (χ4n) is 2.86. The number of allylic oxidation sites excluding steroid dienone is 1. The van der Waals surface area contributed by atoms with Gasteiger partial charge in [0.2, 0.25) is 0 Å². The number of rotatable bonds is 7. The zero-order chi connectivity index (χ0) is 18.4. The molecular formula is C19H22ClN3O3. The van der Waals surface area contributed by atoms with Gasteiger partial charge in [0.15, 0.2) is 11.6 Å². The average Bonchev–Trinajstić information content (AvgIpc) is 3.07. The molecule has 1 heterocycles. The molecule has 6 nitrogen and oxygen atoms in total. The van der Waals surface area contributed by atoms with Gasteiger partial charge in [-0.3, -0.25) is 4.79 Å². The standard InChI is InChI=1S/C19H22ClN3O3/c1-25-12-11-21-18-16(19(24)22-15-5-3-2-4-6-15)17(26-23-18)13-7-9-14(20)10-8-13/h3,5,7-10,15H,2,4,6,11-12H2,1H3,(H,21,23)(H,22,24). The quantitative estimate of drug-likeness (QED) is 0.567. The largest absolute Gasteiger partial charge is 0.383 e. The van der Waals surface area contributed by atoms with Gasteiger partial charge in [0.1, 0.15) is 5.56 Å². The number of aromatic nitrogens is 1. The van der Waals surface area contributed by atoms with Crippen molar-refractivity contribution in [3.8, 4) is 11.3 Å². The minimum Gasteiger partial charge on any atom is -0.383 e. The van der Waals surface area contributed by atoms with Crippen LogP contribution in [0.25, 0.3) is 11.3 Å². The van der Waals surface area contributed by atoms with Gasteiger partial charge in [-0.1, -0.05) is 28.9 Å². The number of nitrogens with zero attached hydrogens (tertiary/aromatic N) is 1. The maximum absolute atomic E-state index is 12.9. The lowest BCUT2D eigenvalue weighted by atomic mass is 10.0. The van der Waals surface area contributed by atoms with Gasteiger partial charge in [-0.2, -0.15) is 0 Å². The summed E-state index contributed by atoms with van der Waals surface area (Å²) < 4.78 is 10.5. The first-order valence-electron chi connectivity index (χ1n) is 8.65. The summed E-state index contributed by atoms with van der Waals surface area (Å²) in [6.07, 6.45) is 7.18. The molecule has 1 amide bonds. The Balaban J connectivity index is 1.88. The van der Waals surface area contributed by atoms with E-state index in [0.717, 1.165) is 24.8 Å². The van der Waals surface area contributed by atoms with Crippen molar-refractivity contribution in [1.82, 2.24) is 10.5 Å². The molecule has 1 aliphatic carbocycles. The van der Waals surface area contributed by atoms with Gasteiger partial charge in [0.05, 0.1) is 6.61 Å². The third-order valence-electron chi connectivity index (χ3n) is 4.19. The van der Waals surface area contributed by atoms with Crippen LogP contribution < -0.4 is 10.6 Å². The highest BCUT2D eigenvalue weighted by molar-refractivity contribution is 6.30. The molecule has 1 unspecified atom stereocenters. The summed E-state index contributed by atoms with van der Waals surface area (Å²) in [5.74, 6) is 0.607. The van der Waals surface area contributed by atoms with E-state index >= 15 is 0 Å². The summed E-state index contributed by atoms with van der Waals surface area (Å²) in [6, 6.07) is 7.14. The molecule has 7 heteroatoms. The van der Waals surface area contributed by atoms with E-state index in [2.05, 4.69) is 21.9 Å². The summed E-state index contributed by atoms with van der Waals surface area (Å²) in [6.45, 7) is 1.02. The summed E-state index contributed by atoms with van der Waals surface area (Å²) in [4.78, 5) is 12.9. The number of anilines is 1. The minimum absolute atomic E-state index is 0.0241. The van der Waals surface area contributed by atoms with E-state index in [9.17, 15) is 4.79 Å². The van der Waals surface area contributed by atoms with E-state index < -0.39 is 0 Å². The summed E-state index contributed by atoms with van der Waals surface area (Å²) in [5, 5.41) is 10.8. The van der Waals surface area contributed by atoms with Crippen molar-refractivity contribution < 1.29 is 14.1 Å². The number of carbonyl (C=O) groups excluding carboxylic acids is 1. The first-order valence-corrected chi connectivity index (χ1v) is 9.03. The van der Waals surface area contributed by atoms with Gasteiger partial charge in [-0.25, -0.2) is 0 Å². The van der Waals surface area contributed by atoms with Crippen LogP contribution in [0.3, 0.4) is 0 Å². The number of carbonyl (C=O) groups is 1. The van der Waals surface area contributed by atoms with Crippen LogP contribution in [0.5, 0.6) is 0 Å². The van der Waals surface area contributed by atoms with Gasteiger partial charge >= 0.3 is 0 Å². The average molecular weight is 376 g/mol. The van der Waals surface area contributed by atoms with E-state index in [4.69, 9.17) is 20.9 Å². The number of halogens is 1. The van der Waals surface area contributed by atoms with Crippen LogP contribution >= 0.6 is 11.6 Å². The van der Waals surface area contributed by atoms with E-state index in [1.54, 1.807) is 31.4 Å². The molecule has 3 rings (SSSR count). The molecule has 0 saturated carbocycles. The summed E-state index contributed by atoms with van der Waals surface area (Å²) >= 11 is 5.96. The molecule has 2 aromatic rings. The predicted molar refractivity (Wildman–Crippen MR) is 102 cm³/mol. The fourth-order valence-corrected chi connectivity index (χ4v) is 2.99. The van der Waals surface area contributed by atoms with Gasteiger partial charge in [-0.05, 0) is 43.5 Å². The molecule has 0 aliphatic heterocycles. The molecule has 0 spiro atoms. The molecule has 1 aromatic heterocycles. The lowest BCUT2D eigenvalue weighted by Crippen LogP contribution is -2.34. The predicted octanol–water partition coefficient (Wildman–Crippen LogP) is 3.89. The number of hydrogen-bond donors (Lipinski definition) is 2. The number of methoxy groups -OCH3 is 1. The van der Waals surface area contributed by atoms with Gasteiger partial charge in [0, 0.05) is 30.3 Å². The minimum atomic E-state index is -0.215. The van der Waals surface area contributed by atoms with Crippen LogP contribution in [-0.4, -0.2) is 37.4 Å². The topological polar surface area (TPSA) is 76.4 Å². The normalized spacial score (nSPS) is 16.5. The Bertz CT molecular complexity index is 771. The third kappa shape index (κ3) is 4.45. The van der Waals surface area contributed by atoms with Crippen LogP contribution in [0.4, 0.5) is 5.82 Å². The third-order valence-corrected chi connectivity index (χ3v) is 4.45. The smallest absolute Gasteiger partial charge is 0.259 e. The Morgan fingerprint density at radius 3 is 2.88 bits per heavy atom. The number of nitrogens with one attached hydrogen (secondary N) is 2. The van der Waals surface area contributed by atoms with Crippen LogP contribution in [-0.2, 0) is 4.74 Å². The molecule has 0 bridgehead atoms. The first-order chi connectivity index (χ1) is 12.7. The summed E-state index contributed by atoms with van der Waals surface area (Å²) in [7, 11) is 1.62. The highest BCUT2D eigenvalue weighted by Crippen LogP contribution is 2.30. The van der Waals surface area contributed by atoms with Crippen molar-refractivity contribution in [1.29, 1.82) is 0 Å². The Morgan fingerprint density at radius 2 is 2.19 bits per heavy atom. The lowest BCUT2D eigenvalue weighted by molar-refractivity contribution is 0.0943. The molecular weight excluding hydrogens is 354 g/mol. The van der Waals surface area contributed by atoms with Crippen molar-refractivity contribution in [2.45, 2.75) is 25.3 Å². The molecule has 1 aliphatic rings. The molecule has 26 heavy (non-hydrogen) atoms. The number of amides is 1. The monoisotopic (exact) mass is 375 g/mol. The molecule has 1 aromatic carbocycles. The van der Waals surface area contributed by atoms with E-state index in [1.807, 2.05) is 6.08 Å². The maximum atomic E-state index is 12.9. The first kappa shape index (κ1) is 18.5. The van der Waals surface area contributed by atoms with Gasteiger partial charge < -0.3 is 19.9 Å². The maximum Gasteiger partial charge on any atom is 0.259 e. The number of ether oxygens (including phenoxy) is 1. The van der Waals surface area contributed by atoms with E-state index in [-0.39, 0.29) is 11.9 Å². The van der Waals surface area contributed by atoms with Crippen LogP contribution in [0.15, 0.2) is 40.9 Å². The second-order valence-electron chi connectivity index (χ2n) is 6.10. The molecule has 0 radical (unpaired) electrons. The highest BCUT2D eigenvalue weighted by atomic mass is 35.5. The molecule has 2 N–H and O–H groups in total. The van der Waals surface area contributed by atoms with Crippen LogP contribution in [0.1, 0.15) is 29.6 Å². The second-order valence-corrected chi connectivity index (χ2v) is 6.54. The summed E-state index contributed by atoms with van der Waals surface area (Å²) in [5.41, 5.74) is 1.13. The van der Waals surface area contributed by atoms with Crippen molar-refractivity contribution in [3.05, 3.63) is 47.0 Å². The Morgan fingerprint density at radius 1 is 1.38 bits per heavy atom. The zero-order valence-electron chi connectivity index (χ0n) is 14.6. The number of benzene rings is 1. The fraction of sp³-hybridized carbons (Fsp3) is 0.368. The van der Waals surface area contributed by atoms with E-state index in [1.165, 1.54) is 0 Å². The number of hydrogen-bond acceptors (Lipinski definition) is 5. The van der Waals surface area contributed by atoms with Crippen LogP contribution in [0.2, 0.25) is 5.02 Å². The van der Waals surface area contributed by atoms with Gasteiger partial charge in [-0.15, -0.1) is 0 Å². The Hall–Kier alpha value is -2.31. The van der Waals surface area contributed by atoms with Crippen LogP contribution in [0, 0.1) is 0 Å².